The predicted octanol–water partition coefficient (Wildman–Crippen LogP) is 4.24. The van der Waals surface area contributed by atoms with Gasteiger partial charge in [0.1, 0.15) is 0 Å². The molecule has 1 aliphatic heterocycles. The zero-order chi connectivity index (χ0) is 18.3. The second kappa shape index (κ2) is 15.5. The Balaban J connectivity index is 2.02. The van der Waals surface area contributed by atoms with Gasteiger partial charge < -0.3 is 11.5 Å². The molecule has 25 heavy (non-hydrogen) atoms. The molecule has 1 atom stereocenters. The maximum atomic E-state index is 5.67. The van der Waals surface area contributed by atoms with Crippen LogP contribution in [0.2, 0.25) is 0 Å². The Kier molecular flexibility index (Phi) is 14.6. The molecule has 0 radical (unpaired) electrons. The normalized spacial score (nSPS) is 19.7. The van der Waals surface area contributed by atoms with E-state index in [2.05, 4.69) is 21.9 Å². The Morgan fingerprint density at radius 3 is 1.84 bits per heavy atom. The summed E-state index contributed by atoms with van der Waals surface area (Å²) in [5.41, 5.74) is 11.2. The van der Waals surface area contributed by atoms with Crippen LogP contribution in [-0.4, -0.2) is 50.4 Å². The summed E-state index contributed by atoms with van der Waals surface area (Å²) in [4.78, 5) is 2.62. The van der Waals surface area contributed by atoms with Gasteiger partial charge in [-0.05, 0) is 67.2 Å². The second-order valence-corrected chi connectivity index (χ2v) is 10.9. The van der Waals surface area contributed by atoms with Gasteiger partial charge in [-0.25, -0.2) is 0 Å². The Morgan fingerprint density at radius 2 is 1.32 bits per heavy atom. The van der Waals surface area contributed by atoms with Crippen LogP contribution in [0.15, 0.2) is 0 Å². The molecule has 0 saturated carbocycles. The van der Waals surface area contributed by atoms with Crippen molar-refractivity contribution in [3.8, 4) is 0 Å². The summed E-state index contributed by atoms with van der Waals surface area (Å²) < 4.78 is 4.40. The van der Waals surface area contributed by atoms with Crippen LogP contribution in [0.1, 0.15) is 84.5 Å². The smallest absolute Gasteiger partial charge is 0.0358 e. The van der Waals surface area contributed by atoms with Crippen molar-refractivity contribution in [2.75, 3.05) is 32.7 Å². The molecule has 0 saturated heterocycles. The van der Waals surface area contributed by atoms with Gasteiger partial charge in [-0.3, -0.25) is 8.01 Å². The number of unbranched alkanes of at least 4 members (excludes halogenated alkanes) is 9. The van der Waals surface area contributed by atoms with E-state index < -0.39 is 0 Å². The number of nitrogens with two attached hydrogens (primary N) is 2. The van der Waals surface area contributed by atoms with E-state index in [0.29, 0.717) is 6.04 Å². The molecule has 1 rings (SSSR count). The van der Waals surface area contributed by atoms with Crippen LogP contribution in [0.3, 0.4) is 0 Å². The standard InChI is InChI=1S/C20H43IN4/c1-19-18-24(21-20(2)25(19)17-13-15-23)16-12-10-8-6-4-3-5-7-9-11-14-22/h19H,3-18,22-23H2,1-2H3. The minimum absolute atomic E-state index is 0.0870. The van der Waals surface area contributed by atoms with E-state index in [9.17, 15) is 0 Å². The monoisotopic (exact) mass is 466 g/mol. The molecule has 0 spiro atoms. The molecule has 0 aromatic carbocycles. The lowest BCUT2D eigenvalue weighted by Crippen LogP contribution is -2.46. The van der Waals surface area contributed by atoms with Gasteiger partial charge >= 0.3 is 0 Å². The van der Waals surface area contributed by atoms with E-state index in [1.165, 1.54) is 77.3 Å². The summed E-state index contributed by atoms with van der Waals surface area (Å²) in [5.74, 6) is 0. The highest BCUT2D eigenvalue weighted by atomic mass is 127. The first-order valence-corrected chi connectivity index (χ1v) is 12.6. The van der Waals surface area contributed by atoms with Gasteiger partial charge in [0.2, 0.25) is 0 Å². The van der Waals surface area contributed by atoms with E-state index in [0.717, 1.165) is 26.1 Å². The quantitative estimate of drug-likeness (QED) is 0.215. The molecule has 4 N–H and O–H groups in total. The highest BCUT2D eigenvalue weighted by Gasteiger charge is 2.23. The third kappa shape index (κ3) is 11.0. The Bertz CT molecular complexity index is 349. The van der Waals surface area contributed by atoms with Gasteiger partial charge in [0.05, 0.1) is 0 Å². The second-order valence-electron chi connectivity index (χ2n) is 7.46. The lowest BCUT2D eigenvalue weighted by Gasteiger charge is -2.37. The fourth-order valence-corrected chi connectivity index (χ4v) is 6.89. The van der Waals surface area contributed by atoms with Crippen molar-refractivity contribution in [2.24, 2.45) is 11.5 Å². The summed E-state index contributed by atoms with van der Waals surface area (Å²) in [6.07, 6.45) is 15.0. The number of nitrogens with zero attached hydrogens (tertiary/aromatic N) is 2. The lowest BCUT2D eigenvalue weighted by atomic mass is 10.1. The van der Waals surface area contributed by atoms with Crippen molar-refractivity contribution in [1.29, 1.82) is 0 Å². The zero-order valence-electron chi connectivity index (χ0n) is 16.8. The fraction of sp³-hybridized carbons (Fsp3) is 0.950. The molecular formula is C20H43IN4. The van der Waals surface area contributed by atoms with Crippen molar-refractivity contribution in [3.05, 3.63) is 0 Å². The first-order chi connectivity index (χ1) is 12.2. The minimum Gasteiger partial charge on any atom is -0.330 e. The van der Waals surface area contributed by atoms with Gasteiger partial charge in [0.25, 0.3) is 0 Å². The first kappa shape index (κ1) is 23.5. The van der Waals surface area contributed by atoms with Crippen LogP contribution in [0.5, 0.6) is 0 Å². The first-order valence-electron chi connectivity index (χ1n) is 10.6. The summed E-state index contributed by atoms with van der Waals surface area (Å²) in [6.45, 7) is 10.1. The summed E-state index contributed by atoms with van der Waals surface area (Å²) in [6, 6.07) is 0.666. The predicted molar refractivity (Wildman–Crippen MR) is 121 cm³/mol. The van der Waals surface area contributed by atoms with Crippen LogP contribution >= 0.6 is 21.0 Å². The SMILES string of the molecule is CC1=IN(CCCCCCCCCCCCN)CC(C)N1CCCN. The number of hydrogen-bond acceptors (Lipinski definition) is 4. The Labute approximate surface area is 167 Å². The van der Waals surface area contributed by atoms with Gasteiger partial charge in [0, 0.05) is 29.3 Å². The average Bonchev–Trinajstić information content (AvgIpc) is 2.59. The van der Waals surface area contributed by atoms with Crippen LogP contribution in [0.25, 0.3) is 0 Å². The summed E-state index contributed by atoms with van der Waals surface area (Å²) in [7, 11) is 0. The number of halogens is 1. The highest BCUT2D eigenvalue weighted by molar-refractivity contribution is 14.2. The third-order valence-corrected chi connectivity index (χ3v) is 7.97. The van der Waals surface area contributed by atoms with Gasteiger partial charge in [-0.15, -0.1) is 0 Å². The van der Waals surface area contributed by atoms with Gasteiger partial charge in [-0.2, -0.15) is 0 Å². The molecule has 0 aliphatic carbocycles. The molecule has 1 heterocycles. The molecule has 150 valence electrons. The van der Waals surface area contributed by atoms with Crippen molar-refractivity contribution >= 4 is 24.6 Å². The van der Waals surface area contributed by atoms with Crippen LogP contribution in [0.4, 0.5) is 0 Å². The molecule has 1 aliphatic rings. The summed E-state index contributed by atoms with van der Waals surface area (Å²) >= 11 is 0.0870. The molecule has 0 aromatic heterocycles. The largest absolute Gasteiger partial charge is 0.330 e. The van der Waals surface area contributed by atoms with E-state index in [1.54, 1.807) is 3.63 Å². The number of rotatable bonds is 15. The molecular weight excluding hydrogens is 423 g/mol. The molecule has 1 unspecified atom stereocenters. The van der Waals surface area contributed by atoms with Crippen molar-refractivity contribution in [1.82, 2.24) is 8.01 Å². The topological polar surface area (TPSA) is 58.5 Å². The lowest BCUT2D eigenvalue weighted by molar-refractivity contribution is 0.283. The van der Waals surface area contributed by atoms with Gasteiger partial charge in [0.15, 0.2) is 0 Å². The Hall–Kier alpha value is 0.440. The highest BCUT2D eigenvalue weighted by Crippen LogP contribution is 2.23. The number of hydrogen-bond donors (Lipinski definition) is 2. The molecule has 0 amide bonds. The fourth-order valence-electron chi connectivity index (χ4n) is 3.56. The van der Waals surface area contributed by atoms with Crippen LogP contribution in [0, 0.1) is 0 Å². The average molecular weight is 466 g/mol. The molecule has 5 heteroatoms. The molecule has 4 nitrogen and oxygen atoms in total. The van der Waals surface area contributed by atoms with Crippen molar-refractivity contribution in [3.63, 3.8) is 0 Å². The van der Waals surface area contributed by atoms with Crippen LogP contribution in [-0.2, 0) is 0 Å². The Morgan fingerprint density at radius 1 is 0.800 bits per heavy atom. The maximum absolute atomic E-state index is 5.67. The minimum atomic E-state index is 0.0870. The van der Waals surface area contributed by atoms with Crippen LogP contribution < -0.4 is 11.5 Å². The van der Waals surface area contributed by atoms with E-state index in [4.69, 9.17) is 11.5 Å². The third-order valence-electron chi connectivity index (χ3n) is 5.09. The molecule has 0 fully saturated rings. The van der Waals surface area contributed by atoms with E-state index in [1.807, 2.05) is 0 Å². The molecule has 0 bridgehead atoms. The zero-order valence-corrected chi connectivity index (χ0v) is 19.0. The van der Waals surface area contributed by atoms with Gasteiger partial charge in [-0.1, -0.05) is 51.4 Å². The van der Waals surface area contributed by atoms with E-state index in [-0.39, 0.29) is 21.0 Å². The molecule has 0 aromatic rings. The van der Waals surface area contributed by atoms with Crippen molar-refractivity contribution in [2.45, 2.75) is 90.5 Å². The van der Waals surface area contributed by atoms with Crippen molar-refractivity contribution < 1.29 is 0 Å². The summed E-state index contributed by atoms with van der Waals surface area (Å²) in [5, 5.41) is 0. The maximum Gasteiger partial charge on any atom is 0.0358 e. The van der Waals surface area contributed by atoms with E-state index >= 15 is 0 Å².